The summed E-state index contributed by atoms with van der Waals surface area (Å²) in [5.74, 6) is -1.06. The molecule has 1 unspecified atom stereocenters. The highest BCUT2D eigenvalue weighted by molar-refractivity contribution is 5.74. The maximum Gasteiger partial charge on any atom is 0.316 e. The Bertz CT molecular complexity index is 306. The average Bonchev–Trinajstić information content (AvgIpc) is 2.34. The standard InChI is InChI=1S/C8H12N2O3/c1-4(2)6(8(11)12)7-9-5(3)10-13-7/h4,6H,1-3H3,(H,11,12). The highest BCUT2D eigenvalue weighted by Crippen LogP contribution is 2.22. The van der Waals surface area contributed by atoms with Gasteiger partial charge >= 0.3 is 5.97 Å². The van der Waals surface area contributed by atoms with Crippen LogP contribution in [0.1, 0.15) is 31.5 Å². The third kappa shape index (κ3) is 2.05. The molecule has 0 saturated carbocycles. The number of carboxylic acid groups (broad SMARTS) is 1. The number of aromatic nitrogens is 2. The van der Waals surface area contributed by atoms with Crippen molar-refractivity contribution in [2.45, 2.75) is 26.7 Å². The van der Waals surface area contributed by atoms with E-state index in [1.54, 1.807) is 20.8 Å². The van der Waals surface area contributed by atoms with Crippen molar-refractivity contribution < 1.29 is 14.4 Å². The molecule has 1 rings (SSSR count). The van der Waals surface area contributed by atoms with E-state index in [0.717, 1.165) is 0 Å². The highest BCUT2D eigenvalue weighted by atomic mass is 16.5. The van der Waals surface area contributed by atoms with Crippen molar-refractivity contribution in [1.82, 2.24) is 10.1 Å². The molecule has 0 fully saturated rings. The molecule has 0 saturated heterocycles. The van der Waals surface area contributed by atoms with Crippen LogP contribution in [0.15, 0.2) is 4.52 Å². The second kappa shape index (κ2) is 3.55. The summed E-state index contributed by atoms with van der Waals surface area (Å²) in [4.78, 5) is 14.7. The van der Waals surface area contributed by atoms with Crippen LogP contribution in [0.3, 0.4) is 0 Å². The van der Waals surface area contributed by atoms with Crippen LogP contribution < -0.4 is 0 Å². The average molecular weight is 184 g/mol. The Kier molecular flexibility index (Phi) is 2.65. The fourth-order valence-electron chi connectivity index (χ4n) is 1.12. The number of aryl methyl sites for hydroxylation is 1. The van der Waals surface area contributed by atoms with E-state index < -0.39 is 11.9 Å². The van der Waals surface area contributed by atoms with Gasteiger partial charge in [0.25, 0.3) is 0 Å². The zero-order valence-corrected chi connectivity index (χ0v) is 7.81. The van der Waals surface area contributed by atoms with Crippen LogP contribution >= 0.6 is 0 Å². The summed E-state index contributed by atoms with van der Waals surface area (Å²) in [6.07, 6.45) is 0. The second-order valence-electron chi connectivity index (χ2n) is 3.24. The second-order valence-corrected chi connectivity index (χ2v) is 3.24. The maximum absolute atomic E-state index is 10.8. The van der Waals surface area contributed by atoms with Crippen molar-refractivity contribution in [3.05, 3.63) is 11.7 Å². The molecule has 72 valence electrons. The number of nitrogens with zero attached hydrogens (tertiary/aromatic N) is 2. The van der Waals surface area contributed by atoms with E-state index in [1.807, 2.05) is 0 Å². The maximum atomic E-state index is 10.8. The first kappa shape index (κ1) is 9.70. The van der Waals surface area contributed by atoms with Crippen LogP contribution in [0.4, 0.5) is 0 Å². The van der Waals surface area contributed by atoms with E-state index in [0.29, 0.717) is 5.82 Å². The van der Waals surface area contributed by atoms with Gasteiger partial charge in [-0.05, 0) is 12.8 Å². The number of rotatable bonds is 3. The summed E-state index contributed by atoms with van der Waals surface area (Å²) in [6.45, 7) is 5.27. The molecule has 0 aromatic carbocycles. The van der Waals surface area contributed by atoms with Crippen molar-refractivity contribution in [2.24, 2.45) is 5.92 Å². The van der Waals surface area contributed by atoms with Gasteiger partial charge in [-0.15, -0.1) is 0 Å². The van der Waals surface area contributed by atoms with Gasteiger partial charge in [0.05, 0.1) is 0 Å². The van der Waals surface area contributed by atoms with E-state index >= 15 is 0 Å². The first-order valence-electron chi connectivity index (χ1n) is 4.05. The van der Waals surface area contributed by atoms with E-state index in [-0.39, 0.29) is 11.8 Å². The van der Waals surface area contributed by atoms with E-state index in [1.165, 1.54) is 0 Å². The Balaban J connectivity index is 2.95. The summed E-state index contributed by atoms with van der Waals surface area (Å²) in [5, 5.41) is 12.4. The van der Waals surface area contributed by atoms with Gasteiger partial charge in [0, 0.05) is 0 Å². The van der Waals surface area contributed by atoms with Crippen molar-refractivity contribution in [2.75, 3.05) is 0 Å². The van der Waals surface area contributed by atoms with Gasteiger partial charge in [-0.2, -0.15) is 4.98 Å². The quantitative estimate of drug-likeness (QED) is 0.763. The van der Waals surface area contributed by atoms with Crippen LogP contribution in [-0.4, -0.2) is 21.2 Å². The molecule has 0 aliphatic rings. The molecule has 5 heteroatoms. The summed E-state index contributed by atoms with van der Waals surface area (Å²) >= 11 is 0. The fourth-order valence-corrected chi connectivity index (χ4v) is 1.12. The molecular weight excluding hydrogens is 172 g/mol. The molecule has 1 atom stereocenters. The van der Waals surface area contributed by atoms with E-state index in [4.69, 9.17) is 9.63 Å². The molecular formula is C8H12N2O3. The number of hydrogen-bond donors (Lipinski definition) is 1. The van der Waals surface area contributed by atoms with E-state index in [2.05, 4.69) is 10.1 Å². The highest BCUT2D eigenvalue weighted by Gasteiger charge is 2.28. The Morgan fingerprint density at radius 2 is 2.15 bits per heavy atom. The SMILES string of the molecule is Cc1noc(C(C(=O)O)C(C)C)n1. The number of carboxylic acids is 1. The van der Waals surface area contributed by atoms with Gasteiger partial charge in [0.15, 0.2) is 5.82 Å². The van der Waals surface area contributed by atoms with Gasteiger partial charge in [-0.3, -0.25) is 4.79 Å². The number of hydrogen-bond acceptors (Lipinski definition) is 4. The van der Waals surface area contributed by atoms with Crippen molar-refractivity contribution in [3.8, 4) is 0 Å². The first-order valence-corrected chi connectivity index (χ1v) is 4.05. The summed E-state index contributed by atoms with van der Waals surface area (Å²) < 4.78 is 4.81. The van der Waals surface area contributed by atoms with Gasteiger partial charge in [0.2, 0.25) is 5.89 Å². The predicted molar refractivity (Wildman–Crippen MR) is 44.2 cm³/mol. The Morgan fingerprint density at radius 1 is 1.54 bits per heavy atom. The molecule has 0 bridgehead atoms. The lowest BCUT2D eigenvalue weighted by molar-refractivity contribution is -0.140. The minimum Gasteiger partial charge on any atom is -0.481 e. The van der Waals surface area contributed by atoms with E-state index in [9.17, 15) is 4.79 Å². The molecule has 0 radical (unpaired) electrons. The topological polar surface area (TPSA) is 76.2 Å². The van der Waals surface area contributed by atoms with Crippen LogP contribution in [-0.2, 0) is 4.79 Å². The Morgan fingerprint density at radius 3 is 2.46 bits per heavy atom. The summed E-state index contributed by atoms with van der Waals surface area (Å²) in [6, 6.07) is 0. The zero-order chi connectivity index (χ0) is 10.0. The fraction of sp³-hybridized carbons (Fsp3) is 0.625. The molecule has 1 N–H and O–H groups in total. The Hall–Kier alpha value is -1.39. The molecule has 1 heterocycles. The lowest BCUT2D eigenvalue weighted by Gasteiger charge is -2.10. The molecule has 0 aliphatic carbocycles. The van der Waals surface area contributed by atoms with Crippen LogP contribution in [0.2, 0.25) is 0 Å². The third-order valence-corrected chi connectivity index (χ3v) is 1.74. The Labute approximate surface area is 75.8 Å². The molecule has 13 heavy (non-hydrogen) atoms. The molecule has 1 aromatic rings. The smallest absolute Gasteiger partial charge is 0.316 e. The monoisotopic (exact) mass is 184 g/mol. The first-order chi connectivity index (χ1) is 6.02. The largest absolute Gasteiger partial charge is 0.481 e. The molecule has 1 aromatic heterocycles. The number of aliphatic carboxylic acids is 1. The molecule has 0 amide bonds. The van der Waals surface area contributed by atoms with Crippen molar-refractivity contribution in [1.29, 1.82) is 0 Å². The summed E-state index contributed by atoms with van der Waals surface area (Å²) in [5.41, 5.74) is 0. The van der Waals surface area contributed by atoms with Crippen molar-refractivity contribution >= 4 is 5.97 Å². The predicted octanol–water partition coefficient (Wildman–Crippen LogP) is 1.20. The molecule has 5 nitrogen and oxygen atoms in total. The molecule has 0 aliphatic heterocycles. The van der Waals surface area contributed by atoms with Crippen LogP contribution in [0.5, 0.6) is 0 Å². The lowest BCUT2D eigenvalue weighted by atomic mass is 9.96. The lowest BCUT2D eigenvalue weighted by Crippen LogP contribution is -2.17. The van der Waals surface area contributed by atoms with Crippen molar-refractivity contribution in [3.63, 3.8) is 0 Å². The minimum absolute atomic E-state index is 0.0580. The number of carbonyl (C=O) groups is 1. The van der Waals surface area contributed by atoms with Gasteiger partial charge in [-0.25, -0.2) is 0 Å². The van der Waals surface area contributed by atoms with Crippen LogP contribution in [0, 0.1) is 12.8 Å². The summed E-state index contributed by atoms with van der Waals surface area (Å²) in [7, 11) is 0. The normalized spacial score (nSPS) is 13.2. The van der Waals surface area contributed by atoms with Gasteiger partial charge in [0.1, 0.15) is 5.92 Å². The van der Waals surface area contributed by atoms with Crippen LogP contribution in [0.25, 0.3) is 0 Å². The van der Waals surface area contributed by atoms with Gasteiger partial charge in [-0.1, -0.05) is 19.0 Å². The zero-order valence-electron chi connectivity index (χ0n) is 7.81. The molecule has 0 spiro atoms. The van der Waals surface area contributed by atoms with Gasteiger partial charge < -0.3 is 9.63 Å². The third-order valence-electron chi connectivity index (χ3n) is 1.74. The minimum atomic E-state index is -0.932.